The molecule has 2 aromatic carbocycles. The average Bonchev–Trinajstić information content (AvgIpc) is 3.06. The van der Waals surface area contributed by atoms with Gasteiger partial charge >= 0.3 is 0 Å². The van der Waals surface area contributed by atoms with Crippen molar-refractivity contribution in [2.45, 2.75) is 39.7 Å². The topological polar surface area (TPSA) is 33.1 Å². The highest BCUT2D eigenvalue weighted by atomic mass is 19.1. The first-order valence-electron chi connectivity index (χ1n) is 10.2. The van der Waals surface area contributed by atoms with Gasteiger partial charge in [-0.15, -0.1) is 0 Å². The molecule has 4 rings (SSSR count). The Balaban J connectivity index is 1.52. The van der Waals surface area contributed by atoms with E-state index in [-0.39, 0.29) is 5.82 Å². The normalized spacial score (nSPS) is 16.2. The molecule has 0 spiro atoms. The number of aryl methyl sites for hydroxylation is 1. The first kappa shape index (κ1) is 18.9. The lowest BCUT2D eigenvalue weighted by molar-refractivity contribution is 0.153. The summed E-state index contributed by atoms with van der Waals surface area (Å²) >= 11 is 0. The van der Waals surface area contributed by atoms with Gasteiger partial charge < -0.3 is 10.2 Å². The van der Waals surface area contributed by atoms with Crippen LogP contribution in [0.1, 0.15) is 32.4 Å². The molecule has 5 heteroatoms. The molecule has 3 aromatic rings. The van der Waals surface area contributed by atoms with Crippen LogP contribution in [0.3, 0.4) is 0 Å². The number of hydrogen-bond acceptors (Lipinski definition) is 3. The van der Waals surface area contributed by atoms with Crippen LogP contribution in [-0.4, -0.2) is 40.4 Å². The fraction of sp³-hybridized carbons (Fsp3) is 0.435. The molecule has 1 saturated heterocycles. The third-order valence-electron chi connectivity index (χ3n) is 5.83. The zero-order chi connectivity index (χ0) is 19.7. The molecule has 1 fully saturated rings. The summed E-state index contributed by atoms with van der Waals surface area (Å²) in [6, 6.07) is 13.9. The van der Waals surface area contributed by atoms with Crippen molar-refractivity contribution in [3.05, 3.63) is 54.0 Å². The third kappa shape index (κ3) is 3.90. The summed E-state index contributed by atoms with van der Waals surface area (Å²) in [4.78, 5) is 2.54. The number of aromatic nitrogens is 2. The standard InChI is InChI=1S/C23H29FN4/c1-16(2)27-10-8-18(9-11-27)15-25-23-12-17(3)26-28(23)22-14-20-7-5-4-6-19(20)13-21(22)24/h4-7,12-14,16,18,25H,8-11,15H2,1-3H3. The maximum atomic E-state index is 14.8. The quantitative estimate of drug-likeness (QED) is 0.676. The monoisotopic (exact) mass is 380 g/mol. The third-order valence-corrected chi connectivity index (χ3v) is 5.83. The number of fused-ring (bicyclic) bond motifs is 1. The number of piperidine rings is 1. The van der Waals surface area contributed by atoms with Gasteiger partial charge in [0.2, 0.25) is 0 Å². The second-order valence-corrected chi connectivity index (χ2v) is 8.19. The van der Waals surface area contributed by atoms with Crippen LogP contribution >= 0.6 is 0 Å². The molecule has 0 bridgehead atoms. The highest BCUT2D eigenvalue weighted by molar-refractivity contribution is 5.84. The lowest BCUT2D eigenvalue weighted by Crippen LogP contribution is -2.39. The molecule has 1 aromatic heterocycles. The number of nitrogens with zero attached hydrogens (tertiary/aromatic N) is 3. The van der Waals surface area contributed by atoms with Crippen molar-refractivity contribution < 1.29 is 4.39 Å². The van der Waals surface area contributed by atoms with Crippen molar-refractivity contribution in [2.75, 3.05) is 25.0 Å². The van der Waals surface area contributed by atoms with Gasteiger partial charge in [0.15, 0.2) is 0 Å². The van der Waals surface area contributed by atoms with Gasteiger partial charge in [0.25, 0.3) is 0 Å². The zero-order valence-electron chi connectivity index (χ0n) is 17.0. The maximum Gasteiger partial charge on any atom is 0.149 e. The molecule has 2 heterocycles. The summed E-state index contributed by atoms with van der Waals surface area (Å²) in [6.45, 7) is 9.67. The van der Waals surface area contributed by atoms with E-state index in [1.165, 1.54) is 12.8 Å². The van der Waals surface area contributed by atoms with E-state index in [0.717, 1.165) is 41.9 Å². The minimum atomic E-state index is -0.255. The van der Waals surface area contributed by atoms with Gasteiger partial charge in [0, 0.05) is 18.7 Å². The van der Waals surface area contributed by atoms with Crippen LogP contribution in [0, 0.1) is 18.7 Å². The lowest BCUT2D eigenvalue weighted by Gasteiger charge is -2.34. The van der Waals surface area contributed by atoms with E-state index in [1.807, 2.05) is 43.3 Å². The summed E-state index contributed by atoms with van der Waals surface area (Å²) in [5, 5.41) is 10.0. The molecule has 0 aliphatic carbocycles. The second kappa shape index (κ2) is 7.92. The second-order valence-electron chi connectivity index (χ2n) is 8.19. The number of nitrogens with one attached hydrogen (secondary N) is 1. The number of anilines is 1. The molecule has 4 nitrogen and oxygen atoms in total. The molecule has 1 N–H and O–H groups in total. The van der Waals surface area contributed by atoms with Crippen molar-refractivity contribution in [1.82, 2.24) is 14.7 Å². The van der Waals surface area contributed by atoms with Gasteiger partial charge in [-0.3, -0.25) is 0 Å². The van der Waals surface area contributed by atoms with Crippen LogP contribution in [0.4, 0.5) is 10.2 Å². The summed E-state index contributed by atoms with van der Waals surface area (Å²) in [5.41, 5.74) is 1.37. The fourth-order valence-electron chi connectivity index (χ4n) is 4.09. The Morgan fingerprint density at radius 2 is 1.79 bits per heavy atom. The Labute approximate surface area is 166 Å². The molecule has 0 atom stereocenters. The molecule has 28 heavy (non-hydrogen) atoms. The van der Waals surface area contributed by atoms with Gasteiger partial charge in [0.05, 0.1) is 5.69 Å². The minimum absolute atomic E-state index is 0.255. The Kier molecular flexibility index (Phi) is 5.36. The number of rotatable bonds is 5. The van der Waals surface area contributed by atoms with Crippen molar-refractivity contribution >= 4 is 16.6 Å². The van der Waals surface area contributed by atoms with Crippen LogP contribution < -0.4 is 5.32 Å². The number of benzene rings is 2. The van der Waals surface area contributed by atoms with E-state index in [1.54, 1.807) is 10.7 Å². The van der Waals surface area contributed by atoms with Crippen molar-refractivity contribution in [1.29, 1.82) is 0 Å². The Morgan fingerprint density at radius 3 is 2.46 bits per heavy atom. The van der Waals surface area contributed by atoms with Crippen molar-refractivity contribution in [3.63, 3.8) is 0 Å². The van der Waals surface area contributed by atoms with Crippen LogP contribution in [0.2, 0.25) is 0 Å². The van der Waals surface area contributed by atoms with Crippen molar-refractivity contribution in [3.8, 4) is 5.69 Å². The Morgan fingerprint density at radius 1 is 1.11 bits per heavy atom. The van der Waals surface area contributed by atoms with E-state index >= 15 is 0 Å². The lowest BCUT2D eigenvalue weighted by atomic mass is 9.96. The number of hydrogen-bond donors (Lipinski definition) is 1. The first-order valence-corrected chi connectivity index (χ1v) is 10.2. The molecule has 1 aliphatic rings. The minimum Gasteiger partial charge on any atom is -0.370 e. The van der Waals surface area contributed by atoms with Gasteiger partial charge in [-0.25, -0.2) is 9.07 Å². The highest BCUT2D eigenvalue weighted by Crippen LogP contribution is 2.26. The summed E-state index contributed by atoms with van der Waals surface area (Å²) in [5.74, 6) is 1.24. The molecule has 0 amide bonds. The first-order chi connectivity index (χ1) is 13.5. The Hall–Kier alpha value is -2.40. The predicted molar refractivity (Wildman–Crippen MR) is 114 cm³/mol. The largest absolute Gasteiger partial charge is 0.370 e. The molecule has 0 radical (unpaired) electrons. The van der Waals surface area contributed by atoms with Gasteiger partial charge in [-0.1, -0.05) is 24.3 Å². The van der Waals surface area contributed by atoms with E-state index in [0.29, 0.717) is 17.6 Å². The molecule has 1 aliphatic heterocycles. The zero-order valence-corrected chi connectivity index (χ0v) is 17.0. The summed E-state index contributed by atoms with van der Waals surface area (Å²) in [7, 11) is 0. The van der Waals surface area contributed by atoms with E-state index in [4.69, 9.17) is 0 Å². The van der Waals surface area contributed by atoms with E-state index in [2.05, 4.69) is 29.2 Å². The van der Waals surface area contributed by atoms with E-state index in [9.17, 15) is 4.39 Å². The molecule has 0 unspecified atom stereocenters. The van der Waals surface area contributed by atoms with Gasteiger partial charge in [-0.2, -0.15) is 5.10 Å². The smallest absolute Gasteiger partial charge is 0.149 e. The number of likely N-dealkylation sites (tertiary alicyclic amines) is 1. The van der Waals surface area contributed by atoms with Crippen LogP contribution in [0.15, 0.2) is 42.5 Å². The van der Waals surface area contributed by atoms with Gasteiger partial charge in [0.1, 0.15) is 17.3 Å². The summed E-state index contributed by atoms with van der Waals surface area (Å²) < 4.78 is 16.5. The van der Waals surface area contributed by atoms with Gasteiger partial charge in [-0.05, 0) is 75.5 Å². The molecular formula is C23H29FN4. The maximum absolute atomic E-state index is 14.8. The number of halogens is 1. The van der Waals surface area contributed by atoms with Crippen LogP contribution in [0.5, 0.6) is 0 Å². The average molecular weight is 381 g/mol. The molecular weight excluding hydrogens is 351 g/mol. The summed E-state index contributed by atoms with van der Waals surface area (Å²) in [6.07, 6.45) is 2.39. The fourth-order valence-corrected chi connectivity index (χ4v) is 4.09. The SMILES string of the molecule is Cc1cc(NCC2CCN(C(C)C)CC2)n(-c2cc3ccccc3cc2F)n1. The molecule has 0 saturated carbocycles. The van der Waals surface area contributed by atoms with Crippen LogP contribution in [-0.2, 0) is 0 Å². The molecule has 148 valence electrons. The van der Waals surface area contributed by atoms with Crippen molar-refractivity contribution in [2.24, 2.45) is 5.92 Å². The van der Waals surface area contributed by atoms with Crippen LogP contribution in [0.25, 0.3) is 16.5 Å². The highest BCUT2D eigenvalue weighted by Gasteiger charge is 2.21. The van der Waals surface area contributed by atoms with E-state index < -0.39 is 0 Å². The Bertz CT molecular complexity index is 954. The predicted octanol–water partition coefficient (Wildman–Crippen LogP) is 5.01.